The highest BCUT2D eigenvalue weighted by Gasteiger charge is 2.09. The number of phenols is 1. The fraction of sp³-hybridized carbons (Fsp3) is 0.360. The summed E-state index contributed by atoms with van der Waals surface area (Å²) in [6.07, 6.45) is 4.42. The van der Waals surface area contributed by atoms with Gasteiger partial charge in [-0.1, -0.05) is 42.8 Å². The average Bonchev–Trinajstić information content (AvgIpc) is 2.75. The van der Waals surface area contributed by atoms with E-state index in [1.807, 2.05) is 24.4 Å². The third kappa shape index (κ3) is 6.04. The molecule has 0 bridgehead atoms. The van der Waals surface area contributed by atoms with Gasteiger partial charge >= 0.3 is 0 Å². The molecular formula is C25H30ClN3O. The van der Waals surface area contributed by atoms with Crippen LogP contribution in [0.15, 0.2) is 54.7 Å². The Morgan fingerprint density at radius 1 is 1.03 bits per heavy atom. The van der Waals surface area contributed by atoms with Gasteiger partial charge in [-0.05, 0) is 68.6 Å². The van der Waals surface area contributed by atoms with Crippen molar-refractivity contribution in [3.8, 4) is 17.0 Å². The van der Waals surface area contributed by atoms with Crippen LogP contribution in [0.3, 0.4) is 0 Å². The monoisotopic (exact) mass is 423 g/mol. The maximum absolute atomic E-state index is 9.54. The molecule has 1 heterocycles. The molecule has 3 rings (SSSR count). The second-order valence-corrected chi connectivity index (χ2v) is 8.26. The van der Waals surface area contributed by atoms with Crippen LogP contribution in [0.5, 0.6) is 5.75 Å². The molecule has 1 N–H and O–H groups in total. The molecule has 0 saturated heterocycles. The number of phenolic OH excluding ortho intramolecular Hbond substituents is 1. The van der Waals surface area contributed by atoms with Gasteiger partial charge in [-0.3, -0.25) is 4.90 Å². The summed E-state index contributed by atoms with van der Waals surface area (Å²) in [5.74, 6) is 0.967. The standard InChI is InChI=1S/C25H30ClN3O/c1-4-29(18(2)3)17-20-8-5-9-21(15-20)23-13-14-27-25(28-23)10-6-7-19-11-12-24(30)22(26)16-19/h5,8-9,11-16,18,30H,4,6-7,10,17H2,1-3H3. The van der Waals surface area contributed by atoms with E-state index in [4.69, 9.17) is 16.6 Å². The van der Waals surface area contributed by atoms with Crippen LogP contribution in [0.25, 0.3) is 11.3 Å². The zero-order chi connectivity index (χ0) is 21.5. The van der Waals surface area contributed by atoms with Crippen molar-refractivity contribution in [2.75, 3.05) is 6.54 Å². The van der Waals surface area contributed by atoms with Gasteiger partial charge in [0.25, 0.3) is 0 Å². The number of halogens is 1. The lowest BCUT2D eigenvalue weighted by molar-refractivity contribution is 0.225. The Kier molecular flexibility index (Phi) is 7.83. The molecule has 0 amide bonds. The molecule has 3 aromatic rings. The van der Waals surface area contributed by atoms with Gasteiger partial charge in [0, 0.05) is 30.8 Å². The normalized spacial score (nSPS) is 11.4. The molecule has 4 nitrogen and oxygen atoms in total. The van der Waals surface area contributed by atoms with E-state index in [1.165, 1.54) is 5.56 Å². The first-order chi connectivity index (χ1) is 14.5. The predicted octanol–water partition coefficient (Wildman–Crippen LogP) is 5.91. The lowest BCUT2D eigenvalue weighted by Gasteiger charge is -2.24. The van der Waals surface area contributed by atoms with Crippen molar-refractivity contribution >= 4 is 11.6 Å². The highest BCUT2D eigenvalue weighted by atomic mass is 35.5. The Labute approximate surface area is 184 Å². The smallest absolute Gasteiger partial charge is 0.134 e. The van der Waals surface area contributed by atoms with Gasteiger partial charge in [0.2, 0.25) is 0 Å². The van der Waals surface area contributed by atoms with Crippen LogP contribution in [0.2, 0.25) is 5.02 Å². The molecule has 0 unspecified atom stereocenters. The number of aromatic nitrogens is 2. The number of rotatable bonds is 9. The second-order valence-electron chi connectivity index (χ2n) is 7.85. The molecule has 1 aromatic heterocycles. The Balaban J connectivity index is 1.66. The summed E-state index contributed by atoms with van der Waals surface area (Å²) in [6.45, 7) is 8.64. The summed E-state index contributed by atoms with van der Waals surface area (Å²) >= 11 is 5.99. The number of hydrogen-bond donors (Lipinski definition) is 1. The Hall–Kier alpha value is -2.43. The summed E-state index contributed by atoms with van der Waals surface area (Å²) in [7, 11) is 0. The zero-order valence-corrected chi connectivity index (χ0v) is 18.7. The van der Waals surface area contributed by atoms with Crippen molar-refractivity contribution < 1.29 is 5.11 Å². The van der Waals surface area contributed by atoms with Crippen molar-refractivity contribution in [2.24, 2.45) is 0 Å². The van der Waals surface area contributed by atoms with E-state index in [9.17, 15) is 5.11 Å². The highest BCUT2D eigenvalue weighted by Crippen LogP contribution is 2.24. The summed E-state index contributed by atoms with van der Waals surface area (Å²) in [4.78, 5) is 11.7. The Morgan fingerprint density at radius 2 is 1.87 bits per heavy atom. The van der Waals surface area contributed by atoms with E-state index in [0.717, 1.165) is 55.0 Å². The molecule has 158 valence electrons. The second kappa shape index (κ2) is 10.6. The largest absolute Gasteiger partial charge is 0.506 e. The minimum Gasteiger partial charge on any atom is -0.506 e. The number of benzene rings is 2. The zero-order valence-electron chi connectivity index (χ0n) is 18.0. The van der Waals surface area contributed by atoms with Gasteiger partial charge in [-0.25, -0.2) is 9.97 Å². The van der Waals surface area contributed by atoms with Crippen molar-refractivity contribution in [2.45, 2.75) is 52.6 Å². The van der Waals surface area contributed by atoms with E-state index >= 15 is 0 Å². The van der Waals surface area contributed by atoms with Crippen molar-refractivity contribution in [1.29, 1.82) is 0 Å². The van der Waals surface area contributed by atoms with Crippen LogP contribution >= 0.6 is 11.6 Å². The molecule has 0 aliphatic carbocycles. The van der Waals surface area contributed by atoms with Gasteiger partial charge < -0.3 is 5.11 Å². The minimum absolute atomic E-state index is 0.120. The van der Waals surface area contributed by atoms with Crippen LogP contribution in [-0.4, -0.2) is 32.6 Å². The molecule has 0 aliphatic rings. The van der Waals surface area contributed by atoms with E-state index in [1.54, 1.807) is 6.07 Å². The average molecular weight is 424 g/mol. The summed E-state index contributed by atoms with van der Waals surface area (Å²) in [5.41, 5.74) is 4.49. The summed E-state index contributed by atoms with van der Waals surface area (Å²) < 4.78 is 0. The fourth-order valence-electron chi connectivity index (χ4n) is 3.56. The maximum Gasteiger partial charge on any atom is 0.134 e. The van der Waals surface area contributed by atoms with Gasteiger partial charge in [-0.15, -0.1) is 0 Å². The van der Waals surface area contributed by atoms with Gasteiger partial charge in [0.1, 0.15) is 11.6 Å². The van der Waals surface area contributed by atoms with Crippen LogP contribution in [-0.2, 0) is 19.4 Å². The third-order valence-corrected chi connectivity index (χ3v) is 5.63. The number of aromatic hydroxyl groups is 1. The maximum atomic E-state index is 9.54. The van der Waals surface area contributed by atoms with Crippen molar-refractivity contribution in [3.63, 3.8) is 0 Å². The number of aryl methyl sites for hydroxylation is 2. The molecule has 0 fully saturated rings. The molecule has 5 heteroatoms. The van der Waals surface area contributed by atoms with E-state index in [0.29, 0.717) is 11.1 Å². The first kappa shape index (κ1) is 22.3. The number of nitrogens with zero attached hydrogens (tertiary/aromatic N) is 3. The van der Waals surface area contributed by atoms with E-state index in [-0.39, 0.29) is 5.75 Å². The lowest BCUT2D eigenvalue weighted by Crippen LogP contribution is -2.29. The topological polar surface area (TPSA) is 49.2 Å². The molecule has 0 saturated carbocycles. The quantitative estimate of drug-likeness (QED) is 0.464. The molecule has 2 aromatic carbocycles. The Bertz CT molecular complexity index is 974. The number of hydrogen-bond acceptors (Lipinski definition) is 4. The summed E-state index contributed by atoms with van der Waals surface area (Å²) in [6, 6.07) is 16.5. The van der Waals surface area contributed by atoms with Crippen molar-refractivity contribution in [1.82, 2.24) is 14.9 Å². The molecule has 0 radical (unpaired) electrons. The van der Waals surface area contributed by atoms with E-state index < -0.39 is 0 Å². The van der Waals surface area contributed by atoms with Crippen LogP contribution in [0.1, 0.15) is 44.1 Å². The highest BCUT2D eigenvalue weighted by molar-refractivity contribution is 6.32. The molecular weight excluding hydrogens is 394 g/mol. The summed E-state index contributed by atoms with van der Waals surface area (Å²) in [5, 5.41) is 9.93. The van der Waals surface area contributed by atoms with E-state index in [2.05, 4.69) is 54.9 Å². The van der Waals surface area contributed by atoms with Crippen molar-refractivity contribution in [3.05, 3.63) is 76.7 Å². The molecule has 0 atom stereocenters. The third-order valence-electron chi connectivity index (χ3n) is 5.33. The van der Waals surface area contributed by atoms with Crippen LogP contribution in [0, 0.1) is 0 Å². The SMILES string of the molecule is CCN(Cc1cccc(-c2ccnc(CCCc3ccc(O)c(Cl)c3)n2)c1)C(C)C. The van der Waals surface area contributed by atoms with Crippen LogP contribution in [0.4, 0.5) is 0 Å². The molecule has 0 spiro atoms. The fourth-order valence-corrected chi connectivity index (χ4v) is 3.76. The predicted molar refractivity (Wildman–Crippen MR) is 124 cm³/mol. The van der Waals surface area contributed by atoms with Gasteiger partial charge in [-0.2, -0.15) is 0 Å². The minimum atomic E-state index is 0.120. The van der Waals surface area contributed by atoms with Gasteiger partial charge in [0.05, 0.1) is 10.7 Å². The van der Waals surface area contributed by atoms with Gasteiger partial charge in [0.15, 0.2) is 0 Å². The first-order valence-electron chi connectivity index (χ1n) is 10.6. The Morgan fingerprint density at radius 3 is 2.60 bits per heavy atom. The first-order valence-corrected chi connectivity index (χ1v) is 11.0. The molecule has 30 heavy (non-hydrogen) atoms. The van der Waals surface area contributed by atoms with Crippen LogP contribution < -0.4 is 0 Å². The lowest BCUT2D eigenvalue weighted by atomic mass is 10.1. The molecule has 0 aliphatic heterocycles.